The highest BCUT2D eigenvalue weighted by Gasteiger charge is 2.53. The molecule has 14 heteroatoms. The number of amidine groups is 1. The maximum Gasteiger partial charge on any atom is 0.418 e. The zero-order valence-electron chi connectivity index (χ0n) is 14.0. The zero-order valence-corrected chi connectivity index (χ0v) is 14.8. The highest BCUT2D eigenvalue weighted by molar-refractivity contribution is 7.80. The minimum atomic E-state index is -4.90. The van der Waals surface area contributed by atoms with E-state index in [4.69, 9.17) is 4.55 Å². The van der Waals surface area contributed by atoms with E-state index in [0.29, 0.717) is 16.3 Å². The second kappa shape index (κ2) is 6.22. The molecule has 0 spiro atoms. The number of likely N-dealkylation sites (N-methyl/N-ethyl adjacent to an activating group) is 1. The first-order valence-electron chi connectivity index (χ1n) is 7.36. The number of oxime groups is 1. The molecule has 3 heterocycles. The van der Waals surface area contributed by atoms with Crippen LogP contribution in [0.25, 0.3) is 0 Å². The van der Waals surface area contributed by atoms with Gasteiger partial charge in [0.15, 0.2) is 5.84 Å². The van der Waals surface area contributed by atoms with E-state index < -0.39 is 34.5 Å². The number of fused-ring (bicyclic) bond motifs is 4. The van der Waals surface area contributed by atoms with Gasteiger partial charge in [0.05, 0.1) is 18.4 Å². The molecule has 2 amide bonds. The molecule has 0 radical (unpaired) electrons. The summed E-state index contributed by atoms with van der Waals surface area (Å²) in [5.74, 6) is -0.522. The van der Waals surface area contributed by atoms with E-state index >= 15 is 0 Å². The number of hydrogen-bond donors (Lipinski definition) is 2. The SMILES string of the molecule is CN/C(=N\OC(C)=O)[C@@H]1c2c(cnn2C)[C@@H]2CN1C(=O)N2OS(=O)(=O)O. The molecule has 2 bridgehead atoms. The van der Waals surface area contributed by atoms with Crippen molar-refractivity contribution in [3.8, 4) is 0 Å². The van der Waals surface area contributed by atoms with Gasteiger partial charge in [-0.2, -0.15) is 18.6 Å². The third-order valence-electron chi connectivity index (χ3n) is 3.99. The molecule has 142 valence electrons. The van der Waals surface area contributed by atoms with Gasteiger partial charge in [-0.25, -0.2) is 9.59 Å². The van der Waals surface area contributed by atoms with Crippen molar-refractivity contribution in [1.29, 1.82) is 0 Å². The van der Waals surface area contributed by atoms with Crippen molar-refractivity contribution >= 4 is 28.2 Å². The number of hydroxylamine groups is 2. The fraction of sp³-hybridized carbons (Fsp3) is 0.500. The van der Waals surface area contributed by atoms with Gasteiger partial charge in [0.2, 0.25) is 0 Å². The van der Waals surface area contributed by atoms with Gasteiger partial charge in [-0.3, -0.25) is 9.23 Å². The summed E-state index contributed by atoms with van der Waals surface area (Å²) >= 11 is 0. The van der Waals surface area contributed by atoms with Crippen LogP contribution in [0, 0.1) is 0 Å². The molecule has 1 aromatic rings. The van der Waals surface area contributed by atoms with Crippen LogP contribution in [0.1, 0.15) is 30.3 Å². The van der Waals surface area contributed by atoms with Gasteiger partial charge < -0.3 is 15.1 Å². The van der Waals surface area contributed by atoms with Crippen LogP contribution in [-0.4, -0.2) is 64.1 Å². The normalized spacial score (nSPS) is 22.5. The quantitative estimate of drug-likeness (QED) is 0.219. The van der Waals surface area contributed by atoms with Crippen LogP contribution in [0.2, 0.25) is 0 Å². The lowest BCUT2D eigenvalue weighted by molar-refractivity contribution is -0.141. The van der Waals surface area contributed by atoms with Crippen molar-refractivity contribution in [3.63, 3.8) is 0 Å². The van der Waals surface area contributed by atoms with Gasteiger partial charge in [0, 0.05) is 26.6 Å². The first-order chi connectivity index (χ1) is 12.1. The Morgan fingerprint density at radius 1 is 1.50 bits per heavy atom. The summed E-state index contributed by atoms with van der Waals surface area (Å²) in [7, 11) is -1.74. The van der Waals surface area contributed by atoms with Crippen molar-refractivity contribution in [2.75, 3.05) is 13.6 Å². The van der Waals surface area contributed by atoms with Crippen LogP contribution < -0.4 is 5.32 Å². The zero-order chi connectivity index (χ0) is 19.2. The van der Waals surface area contributed by atoms with Crippen molar-refractivity contribution in [3.05, 3.63) is 17.5 Å². The Balaban J connectivity index is 2.09. The smallest absolute Gasteiger partial charge is 0.372 e. The monoisotopic (exact) mass is 388 g/mol. The molecule has 1 fully saturated rings. The molecule has 1 saturated heterocycles. The summed E-state index contributed by atoms with van der Waals surface area (Å²) in [5, 5.41) is 11.2. The van der Waals surface area contributed by atoms with Gasteiger partial charge in [-0.1, -0.05) is 5.16 Å². The molecule has 2 atom stereocenters. The molecule has 1 aromatic heterocycles. The largest absolute Gasteiger partial charge is 0.418 e. The number of aryl methyl sites for hydroxylation is 1. The number of rotatable bonds is 4. The minimum absolute atomic E-state index is 0.0541. The van der Waals surface area contributed by atoms with Crippen molar-refractivity contribution < 1.29 is 31.7 Å². The van der Waals surface area contributed by atoms with Crippen LogP contribution in [0.4, 0.5) is 4.79 Å². The lowest BCUT2D eigenvalue weighted by Gasteiger charge is -2.31. The predicted molar refractivity (Wildman–Crippen MR) is 83.5 cm³/mol. The maximum absolute atomic E-state index is 12.6. The van der Waals surface area contributed by atoms with Crippen LogP contribution >= 0.6 is 0 Å². The Bertz CT molecular complexity index is 894. The average Bonchev–Trinajstić information content (AvgIpc) is 3.04. The van der Waals surface area contributed by atoms with Crippen LogP contribution in [0.15, 0.2) is 11.4 Å². The minimum Gasteiger partial charge on any atom is -0.372 e. The number of aromatic nitrogens is 2. The number of carbonyl (C=O) groups excluding carboxylic acids is 2. The topological polar surface area (TPSA) is 156 Å². The third-order valence-corrected chi connectivity index (χ3v) is 4.34. The second-order valence-corrected chi connectivity index (χ2v) is 6.60. The summed E-state index contributed by atoms with van der Waals surface area (Å²) in [6.07, 6.45) is 1.46. The van der Waals surface area contributed by atoms with E-state index in [-0.39, 0.29) is 12.4 Å². The molecule has 2 aliphatic rings. The molecule has 0 aromatic carbocycles. The summed E-state index contributed by atoms with van der Waals surface area (Å²) < 4.78 is 37.1. The lowest BCUT2D eigenvalue weighted by Crippen LogP contribution is -2.43. The van der Waals surface area contributed by atoms with Gasteiger partial charge in [-0.15, -0.1) is 4.28 Å². The molecule has 0 unspecified atom stereocenters. The number of urea groups is 1. The lowest BCUT2D eigenvalue weighted by atomic mass is 9.97. The number of amides is 2. The molecule has 26 heavy (non-hydrogen) atoms. The van der Waals surface area contributed by atoms with Crippen molar-refractivity contribution in [2.45, 2.75) is 19.0 Å². The maximum atomic E-state index is 12.6. The van der Waals surface area contributed by atoms with E-state index in [2.05, 4.69) is 24.7 Å². The van der Waals surface area contributed by atoms with Crippen LogP contribution in [0.3, 0.4) is 0 Å². The molecule has 2 aliphatic heterocycles. The fourth-order valence-corrected chi connectivity index (χ4v) is 3.42. The van der Waals surface area contributed by atoms with Gasteiger partial charge in [-0.05, 0) is 0 Å². The highest BCUT2D eigenvalue weighted by Crippen LogP contribution is 2.44. The van der Waals surface area contributed by atoms with Crippen molar-refractivity contribution in [1.82, 2.24) is 25.1 Å². The molecule has 0 aliphatic carbocycles. The Labute approximate surface area is 148 Å². The number of carbonyl (C=O) groups is 2. The Morgan fingerprint density at radius 2 is 2.19 bits per heavy atom. The third kappa shape index (κ3) is 2.97. The Morgan fingerprint density at radius 3 is 2.77 bits per heavy atom. The van der Waals surface area contributed by atoms with E-state index in [1.165, 1.54) is 29.7 Å². The first kappa shape index (κ1) is 18.1. The molecule has 3 rings (SSSR count). The summed E-state index contributed by atoms with van der Waals surface area (Å²) in [4.78, 5) is 29.6. The van der Waals surface area contributed by atoms with E-state index in [1.54, 1.807) is 7.05 Å². The van der Waals surface area contributed by atoms with Gasteiger partial charge in [0.25, 0.3) is 0 Å². The highest BCUT2D eigenvalue weighted by atomic mass is 32.3. The number of hydrogen-bond acceptors (Lipinski definition) is 8. The standard InChI is InChI=1S/C12H16N6O7S/c1-6(19)24-15-11(13-2)10-9-7(4-14-16(9)3)8-5-17(10)12(20)18(8)25-26(21,22)23/h4,8,10H,5H2,1-3H3,(H,13,15)(H,21,22,23)/t8-,10-/m0/s1. The van der Waals surface area contributed by atoms with Gasteiger partial charge >= 0.3 is 22.4 Å². The van der Waals surface area contributed by atoms with Gasteiger partial charge in [0.1, 0.15) is 12.1 Å². The molecular formula is C12H16N6O7S. The van der Waals surface area contributed by atoms with E-state index in [1.807, 2.05) is 0 Å². The number of nitrogens with zero attached hydrogens (tertiary/aromatic N) is 5. The summed E-state index contributed by atoms with van der Waals surface area (Å²) in [5.41, 5.74) is 1.03. The fourth-order valence-electron chi connectivity index (χ4n) is 3.05. The van der Waals surface area contributed by atoms with Crippen LogP contribution in [0.5, 0.6) is 0 Å². The predicted octanol–water partition coefficient (Wildman–Crippen LogP) is -0.916. The summed E-state index contributed by atoms with van der Waals surface area (Å²) in [6, 6.07) is -2.43. The van der Waals surface area contributed by atoms with E-state index in [9.17, 15) is 18.0 Å². The van der Waals surface area contributed by atoms with Crippen molar-refractivity contribution in [2.24, 2.45) is 12.2 Å². The molecule has 13 nitrogen and oxygen atoms in total. The molecule has 2 N–H and O–H groups in total. The molecule has 0 saturated carbocycles. The average molecular weight is 388 g/mol. The van der Waals surface area contributed by atoms with Crippen LogP contribution in [-0.2, 0) is 31.4 Å². The Hall–Kier alpha value is -2.71. The summed E-state index contributed by atoms with van der Waals surface area (Å²) in [6.45, 7) is 1.23. The first-order valence-corrected chi connectivity index (χ1v) is 8.72. The Kier molecular flexibility index (Phi) is 4.33. The molecular weight excluding hydrogens is 372 g/mol. The second-order valence-electron chi connectivity index (χ2n) is 5.60. The van der Waals surface area contributed by atoms with E-state index in [0.717, 1.165) is 0 Å². The number of nitrogens with one attached hydrogen (secondary N) is 1.